The molecule has 0 saturated carbocycles. The summed E-state index contributed by atoms with van der Waals surface area (Å²) in [6.45, 7) is 1.21. The monoisotopic (exact) mass is 419 g/mol. The fourth-order valence-electron chi connectivity index (χ4n) is 3.30. The summed E-state index contributed by atoms with van der Waals surface area (Å²) < 4.78 is 27.1. The van der Waals surface area contributed by atoms with Gasteiger partial charge in [0.2, 0.25) is 0 Å². The van der Waals surface area contributed by atoms with Crippen LogP contribution in [0, 0.1) is 11.6 Å². The summed E-state index contributed by atoms with van der Waals surface area (Å²) in [6.07, 6.45) is 1.51. The molecule has 4 nitrogen and oxygen atoms in total. The van der Waals surface area contributed by atoms with Crippen molar-refractivity contribution in [2.45, 2.75) is 18.8 Å². The van der Waals surface area contributed by atoms with E-state index < -0.39 is 11.6 Å². The summed E-state index contributed by atoms with van der Waals surface area (Å²) in [7, 11) is 0. The van der Waals surface area contributed by atoms with E-state index in [0.29, 0.717) is 28.7 Å². The molecule has 2 heterocycles. The molecule has 1 fully saturated rings. The van der Waals surface area contributed by atoms with Crippen LogP contribution in [0.4, 0.5) is 8.78 Å². The van der Waals surface area contributed by atoms with Gasteiger partial charge in [0.25, 0.3) is 5.91 Å². The number of halogens is 3. The van der Waals surface area contributed by atoms with Crippen molar-refractivity contribution in [3.05, 3.63) is 69.7 Å². The molecule has 0 N–H and O–H groups in total. The number of aromatic nitrogens is 2. The minimum atomic E-state index is -0.648. The SMILES string of the molecule is O=C(c1cccc(Cl)c1)N1CCC(c2nnc(-c3ccc(F)cc3F)s2)CC1. The van der Waals surface area contributed by atoms with Crippen LogP contribution >= 0.6 is 22.9 Å². The van der Waals surface area contributed by atoms with Crippen molar-refractivity contribution in [3.63, 3.8) is 0 Å². The number of carbonyl (C=O) groups excluding carboxylic acids is 1. The molecule has 0 aliphatic carbocycles. The van der Waals surface area contributed by atoms with Gasteiger partial charge >= 0.3 is 0 Å². The Morgan fingerprint density at radius 3 is 2.61 bits per heavy atom. The number of carbonyl (C=O) groups is 1. The number of likely N-dealkylation sites (tertiary alicyclic amines) is 1. The number of hydrogen-bond donors (Lipinski definition) is 0. The van der Waals surface area contributed by atoms with E-state index in [1.165, 1.54) is 23.5 Å². The molecule has 0 radical (unpaired) electrons. The van der Waals surface area contributed by atoms with Crippen LogP contribution < -0.4 is 0 Å². The van der Waals surface area contributed by atoms with E-state index in [2.05, 4.69) is 10.2 Å². The van der Waals surface area contributed by atoms with E-state index in [4.69, 9.17) is 11.6 Å². The number of piperidine rings is 1. The first-order valence-electron chi connectivity index (χ1n) is 8.85. The summed E-state index contributed by atoms with van der Waals surface area (Å²) in [5.74, 6) is -1.14. The molecular weight excluding hydrogens is 404 g/mol. The second-order valence-electron chi connectivity index (χ2n) is 6.65. The molecule has 8 heteroatoms. The normalized spacial score (nSPS) is 15.0. The van der Waals surface area contributed by atoms with Crippen molar-refractivity contribution in [1.29, 1.82) is 0 Å². The average Bonchev–Trinajstić information content (AvgIpc) is 3.17. The molecule has 28 heavy (non-hydrogen) atoms. The molecule has 4 rings (SSSR count). The van der Waals surface area contributed by atoms with Crippen LogP contribution in [0.15, 0.2) is 42.5 Å². The second-order valence-corrected chi connectivity index (χ2v) is 8.09. The second kappa shape index (κ2) is 7.93. The molecule has 0 spiro atoms. The first kappa shape index (κ1) is 19.0. The predicted molar refractivity (Wildman–Crippen MR) is 105 cm³/mol. The molecule has 0 unspecified atom stereocenters. The fourth-order valence-corrected chi connectivity index (χ4v) is 4.53. The first-order chi connectivity index (χ1) is 13.5. The Labute approximate surface area is 169 Å². The van der Waals surface area contributed by atoms with Crippen molar-refractivity contribution >= 4 is 28.8 Å². The Morgan fingerprint density at radius 1 is 1.11 bits per heavy atom. The lowest BCUT2D eigenvalue weighted by molar-refractivity contribution is 0.0713. The maximum absolute atomic E-state index is 14.0. The highest BCUT2D eigenvalue weighted by atomic mass is 35.5. The van der Waals surface area contributed by atoms with Gasteiger partial charge in [-0.25, -0.2) is 8.78 Å². The topological polar surface area (TPSA) is 46.1 Å². The molecule has 0 atom stereocenters. The molecule has 2 aromatic carbocycles. The van der Waals surface area contributed by atoms with Crippen molar-refractivity contribution in [2.24, 2.45) is 0 Å². The van der Waals surface area contributed by atoms with Crippen LogP contribution in [0.2, 0.25) is 5.02 Å². The van der Waals surface area contributed by atoms with Gasteiger partial charge in [-0.15, -0.1) is 10.2 Å². The van der Waals surface area contributed by atoms with Crippen molar-refractivity contribution in [1.82, 2.24) is 15.1 Å². The van der Waals surface area contributed by atoms with Crippen LogP contribution in [0.3, 0.4) is 0 Å². The molecule has 1 aliphatic heterocycles. The Balaban J connectivity index is 1.43. The minimum absolute atomic E-state index is 0.0349. The van der Waals surface area contributed by atoms with Gasteiger partial charge in [-0.1, -0.05) is 29.0 Å². The molecule has 0 bridgehead atoms. The number of hydrogen-bond acceptors (Lipinski definition) is 4. The first-order valence-corrected chi connectivity index (χ1v) is 10.0. The zero-order valence-electron chi connectivity index (χ0n) is 14.7. The predicted octanol–water partition coefficient (Wildman–Crippen LogP) is 5.16. The molecule has 1 amide bonds. The highest BCUT2D eigenvalue weighted by Gasteiger charge is 2.27. The van der Waals surface area contributed by atoms with Crippen LogP contribution in [-0.2, 0) is 0 Å². The maximum atomic E-state index is 14.0. The van der Waals surface area contributed by atoms with E-state index >= 15 is 0 Å². The molecule has 1 aromatic heterocycles. The Hall–Kier alpha value is -2.38. The third-order valence-electron chi connectivity index (χ3n) is 4.81. The van der Waals surface area contributed by atoms with Gasteiger partial charge in [0.05, 0.1) is 0 Å². The summed E-state index contributed by atoms with van der Waals surface area (Å²) in [5.41, 5.74) is 0.828. The van der Waals surface area contributed by atoms with Crippen LogP contribution in [0.5, 0.6) is 0 Å². The maximum Gasteiger partial charge on any atom is 0.253 e. The lowest BCUT2D eigenvalue weighted by atomic mass is 9.97. The average molecular weight is 420 g/mol. The van der Waals surface area contributed by atoms with E-state index in [-0.39, 0.29) is 17.4 Å². The standard InChI is InChI=1S/C20H16ClF2N3OS/c21-14-3-1-2-13(10-14)20(27)26-8-6-12(7-9-26)18-24-25-19(28-18)16-5-4-15(22)11-17(16)23/h1-5,10-12H,6-9H2. The zero-order valence-corrected chi connectivity index (χ0v) is 16.3. The number of rotatable bonds is 3. The zero-order chi connectivity index (χ0) is 19.7. The van der Waals surface area contributed by atoms with E-state index in [0.717, 1.165) is 23.9 Å². The van der Waals surface area contributed by atoms with Gasteiger partial charge < -0.3 is 4.90 Å². The van der Waals surface area contributed by atoms with Gasteiger partial charge in [0, 0.05) is 41.2 Å². The highest BCUT2D eigenvalue weighted by Crippen LogP contribution is 2.34. The minimum Gasteiger partial charge on any atom is -0.339 e. The lowest BCUT2D eigenvalue weighted by Gasteiger charge is -2.31. The quantitative estimate of drug-likeness (QED) is 0.589. The molecule has 144 valence electrons. The summed E-state index contributed by atoms with van der Waals surface area (Å²) in [5, 5.41) is 10.1. The Bertz CT molecular complexity index is 1020. The van der Waals surface area contributed by atoms with E-state index in [1.54, 1.807) is 24.3 Å². The molecule has 3 aromatic rings. The van der Waals surface area contributed by atoms with Gasteiger partial charge in [0.15, 0.2) is 5.01 Å². The molecule has 1 saturated heterocycles. The summed E-state index contributed by atoms with van der Waals surface area (Å²) >= 11 is 7.29. The number of amides is 1. The van der Waals surface area contributed by atoms with Crippen molar-refractivity contribution in [2.75, 3.05) is 13.1 Å². The van der Waals surface area contributed by atoms with Crippen LogP contribution in [0.25, 0.3) is 10.6 Å². The van der Waals surface area contributed by atoms with Crippen LogP contribution in [-0.4, -0.2) is 34.1 Å². The van der Waals surface area contributed by atoms with Gasteiger partial charge in [-0.2, -0.15) is 0 Å². The van der Waals surface area contributed by atoms with E-state index in [9.17, 15) is 13.6 Å². The number of nitrogens with zero attached hydrogens (tertiary/aromatic N) is 3. The number of benzene rings is 2. The molecule has 1 aliphatic rings. The van der Waals surface area contributed by atoms with Crippen molar-refractivity contribution < 1.29 is 13.6 Å². The summed E-state index contributed by atoms with van der Waals surface area (Å²) in [4.78, 5) is 14.4. The molecular formula is C20H16ClF2N3OS. The smallest absolute Gasteiger partial charge is 0.253 e. The third-order valence-corrected chi connectivity index (χ3v) is 6.16. The van der Waals surface area contributed by atoms with Gasteiger partial charge in [0.1, 0.15) is 16.6 Å². The Kier molecular flexibility index (Phi) is 5.37. The largest absolute Gasteiger partial charge is 0.339 e. The van der Waals surface area contributed by atoms with E-state index in [1.807, 2.05) is 4.90 Å². The summed E-state index contributed by atoms with van der Waals surface area (Å²) in [6, 6.07) is 10.4. The van der Waals surface area contributed by atoms with Crippen LogP contribution in [0.1, 0.15) is 34.1 Å². The fraction of sp³-hybridized carbons (Fsp3) is 0.250. The Morgan fingerprint density at radius 2 is 1.89 bits per heavy atom. The van der Waals surface area contributed by atoms with Crippen molar-refractivity contribution in [3.8, 4) is 10.6 Å². The van der Waals surface area contributed by atoms with Gasteiger partial charge in [-0.05, 0) is 43.2 Å². The third kappa shape index (κ3) is 3.91. The highest BCUT2D eigenvalue weighted by molar-refractivity contribution is 7.14. The lowest BCUT2D eigenvalue weighted by Crippen LogP contribution is -2.37. The van der Waals surface area contributed by atoms with Gasteiger partial charge in [-0.3, -0.25) is 4.79 Å².